The minimum absolute atomic E-state index is 0.604. The summed E-state index contributed by atoms with van der Waals surface area (Å²) in [5.41, 5.74) is 9.82. The summed E-state index contributed by atoms with van der Waals surface area (Å²) in [7, 11) is 0. The first-order chi connectivity index (χ1) is 19.3. The highest BCUT2D eigenvalue weighted by Gasteiger charge is 2.19. The molecule has 0 aliphatic rings. The van der Waals surface area contributed by atoms with Crippen LogP contribution in [0, 0.1) is 0 Å². The molecule has 0 amide bonds. The molecule has 0 aliphatic heterocycles. The fourth-order valence-corrected chi connectivity index (χ4v) is 5.43. The van der Waals surface area contributed by atoms with E-state index in [1.165, 1.54) is 5.39 Å². The fraction of sp³-hybridized carbons (Fsp3) is 0. The van der Waals surface area contributed by atoms with E-state index in [2.05, 4.69) is 70.2 Å². The second kappa shape index (κ2) is 8.57. The van der Waals surface area contributed by atoms with Gasteiger partial charge in [0.2, 0.25) is 5.89 Å². The molecule has 0 saturated heterocycles. The van der Waals surface area contributed by atoms with Gasteiger partial charge in [-0.25, -0.2) is 4.98 Å². The Hall–Kier alpha value is -5.42. The summed E-state index contributed by atoms with van der Waals surface area (Å²) in [6.07, 6.45) is 5.33. The first kappa shape index (κ1) is 21.6. The van der Waals surface area contributed by atoms with Gasteiger partial charge in [-0.05, 0) is 54.6 Å². The van der Waals surface area contributed by atoms with Crippen molar-refractivity contribution in [3.05, 3.63) is 128 Å². The normalized spacial score (nSPS) is 11.6. The molecule has 8 rings (SSSR count). The number of oxazole rings is 1. The molecule has 5 heteroatoms. The summed E-state index contributed by atoms with van der Waals surface area (Å²) in [5.74, 6) is 0.604. The van der Waals surface area contributed by atoms with E-state index in [1.54, 1.807) is 12.5 Å². The van der Waals surface area contributed by atoms with Crippen LogP contribution in [0.1, 0.15) is 0 Å². The van der Waals surface area contributed by atoms with Crippen LogP contribution in [0.3, 0.4) is 0 Å². The quantitative estimate of drug-likeness (QED) is 0.241. The highest BCUT2D eigenvalue weighted by atomic mass is 16.3. The van der Waals surface area contributed by atoms with Gasteiger partial charge in [0.1, 0.15) is 5.52 Å². The molecule has 0 aliphatic carbocycles. The van der Waals surface area contributed by atoms with E-state index < -0.39 is 0 Å². The average Bonchev–Trinajstić information content (AvgIpc) is 3.75. The third kappa shape index (κ3) is 3.48. The maximum absolute atomic E-state index is 6.14. The van der Waals surface area contributed by atoms with Crippen molar-refractivity contribution in [3.63, 3.8) is 0 Å². The van der Waals surface area contributed by atoms with E-state index in [9.17, 15) is 0 Å². The van der Waals surface area contributed by atoms with Crippen LogP contribution in [0.4, 0.5) is 0 Å². The predicted octanol–water partition coefficient (Wildman–Crippen LogP) is 8.91. The Bertz CT molecular complexity index is 2090. The molecule has 8 aromatic rings. The number of hydrogen-bond donors (Lipinski definition) is 0. The Balaban J connectivity index is 1.44. The van der Waals surface area contributed by atoms with Gasteiger partial charge in [0.15, 0.2) is 5.58 Å². The van der Waals surface area contributed by atoms with Crippen molar-refractivity contribution in [1.82, 2.24) is 14.5 Å². The molecule has 0 saturated carbocycles. The van der Waals surface area contributed by atoms with Crippen molar-refractivity contribution >= 4 is 32.9 Å². The SMILES string of the molecule is c1ccc(-c2ccc(-c3ccoc3)c(-n3c4ccccc4c4ccc(-c5nc6ccccc6o5)cc43)c2)nc1. The van der Waals surface area contributed by atoms with Crippen LogP contribution in [-0.4, -0.2) is 14.5 Å². The maximum Gasteiger partial charge on any atom is 0.227 e. The van der Waals surface area contributed by atoms with Gasteiger partial charge in [-0.3, -0.25) is 4.98 Å². The van der Waals surface area contributed by atoms with Crippen LogP contribution in [0.5, 0.6) is 0 Å². The minimum atomic E-state index is 0.604. The lowest BCUT2D eigenvalue weighted by Gasteiger charge is -2.15. The number of hydrogen-bond acceptors (Lipinski definition) is 4. The number of pyridine rings is 1. The van der Waals surface area contributed by atoms with Gasteiger partial charge in [-0.1, -0.05) is 54.6 Å². The van der Waals surface area contributed by atoms with E-state index in [-0.39, 0.29) is 0 Å². The second-order valence-electron chi connectivity index (χ2n) is 9.53. The predicted molar refractivity (Wildman–Crippen MR) is 155 cm³/mol. The van der Waals surface area contributed by atoms with Gasteiger partial charge >= 0.3 is 0 Å². The number of benzene rings is 4. The van der Waals surface area contributed by atoms with Crippen molar-refractivity contribution < 1.29 is 8.83 Å². The number of rotatable bonds is 4. The van der Waals surface area contributed by atoms with Gasteiger partial charge in [0, 0.05) is 39.2 Å². The van der Waals surface area contributed by atoms with Crippen molar-refractivity contribution in [2.24, 2.45) is 0 Å². The van der Waals surface area contributed by atoms with Gasteiger partial charge in [0.25, 0.3) is 0 Å². The van der Waals surface area contributed by atoms with Crippen LogP contribution in [-0.2, 0) is 0 Å². The second-order valence-corrected chi connectivity index (χ2v) is 9.53. The zero-order chi connectivity index (χ0) is 25.8. The average molecular weight is 504 g/mol. The topological polar surface area (TPSA) is 57.0 Å². The zero-order valence-corrected chi connectivity index (χ0v) is 20.8. The third-order valence-corrected chi connectivity index (χ3v) is 7.25. The summed E-state index contributed by atoms with van der Waals surface area (Å²) in [6.45, 7) is 0. The molecule has 0 N–H and O–H groups in total. The molecule has 0 unspecified atom stereocenters. The molecule has 39 heavy (non-hydrogen) atoms. The van der Waals surface area contributed by atoms with Crippen molar-refractivity contribution in [3.8, 4) is 39.5 Å². The van der Waals surface area contributed by atoms with E-state index >= 15 is 0 Å². The smallest absolute Gasteiger partial charge is 0.227 e. The van der Waals surface area contributed by atoms with E-state index in [0.29, 0.717) is 5.89 Å². The molecular formula is C34H21N3O2. The van der Waals surface area contributed by atoms with Gasteiger partial charge < -0.3 is 13.4 Å². The number of para-hydroxylation sites is 3. The molecular weight excluding hydrogens is 482 g/mol. The first-order valence-electron chi connectivity index (χ1n) is 12.8. The molecule has 0 fully saturated rings. The summed E-state index contributed by atoms with van der Waals surface area (Å²) in [4.78, 5) is 9.38. The maximum atomic E-state index is 6.14. The highest BCUT2D eigenvalue weighted by Crippen LogP contribution is 2.39. The standard InChI is InChI=1S/C34H21N3O2/c1-3-10-30-26(7-1)27-15-13-23(34-36-29-9-2-4-11-33(29)39-34)20-32(27)37(30)31-19-22(28-8-5-6-17-35-28)12-14-25(31)24-16-18-38-21-24/h1-21H. The highest BCUT2D eigenvalue weighted by molar-refractivity contribution is 6.10. The third-order valence-electron chi connectivity index (χ3n) is 7.25. The van der Waals surface area contributed by atoms with Crippen LogP contribution >= 0.6 is 0 Å². The number of furan rings is 1. The number of nitrogens with zero attached hydrogens (tertiary/aromatic N) is 3. The Morgan fingerprint density at radius 3 is 2.36 bits per heavy atom. The Labute approximate surface area is 223 Å². The lowest BCUT2D eigenvalue weighted by Crippen LogP contribution is -1.98. The van der Waals surface area contributed by atoms with Crippen LogP contribution in [0.25, 0.3) is 72.4 Å². The molecule has 4 aromatic heterocycles. The summed E-state index contributed by atoms with van der Waals surface area (Å²) in [6, 6.07) is 37.2. The minimum Gasteiger partial charge on any atom is -0.472 e. The van der Waals surface area contributed by atoms with E-state index in [1.807, 2.05) is 54.7 Å². The fourth-order valence-electron chi connectivity index (χ4n) is 5.43. The van der Waals surface area contributed by atoms with E-state index in [0.717, 1.165) is 61.2 Å². The van der Waals surface area contributed by atoms with Crippen molar-refractivity contribution in [2.45, 2.75) is 0 Å². The molecule has 0 atom stereocenters. The van der Waals surface area contributed by atoms with E-state index in [4.69, 9.17) is 13.8 Å². The van der Waals surface area contributed by atoms with Crippen molar-refractivity contribution in [2.75, 3.05) is 0 Å². The zero-order valence-electron chi connectivity index (χ0n) is 20.8. The molecule has 0 radical (unpaired) electrons. The first-order valence-corrected chi connectivity index (χ1v) is 12.8. The summed E-state index contributed by atoms with van der Waals surface area (Å²) < 4.78 is 14.0. The Kier molecular flexibility index (Phi) is 4.76. The van der Waals surface area contributed by atoms with Crippen molar-refractivity contribution in [1.29, 1.82) is 0 Å². The lowest BCUT2D eigenvalue weighted by atomic mass is 10.0. The lowest BCUT2D eigenvalue weighted by molar-refractivity contribution is 0.568. The monoisotopic (exact) mass is 503 g/mol. The van der Waals surface area contributed by atoms with Crippen LogP contribution in [0.2, 0.25) is 0 Å². The van der Waals surface area contributed by atoms with Gasteiger partial charge in [-0.2, -0.15) is 0 Å². The molecule has 4 aromatic carbocycles. The molecule has 0 spiro atoms. The summed E-state index contributed by atoms with van der Waals surface area (Å²) in [5, 5.41) is 2.34. The van der Waals surface area contributed by atoms with Crippen LogP contribution < -0.4 is 0 Å². The largest absolute Gasteiger partial charge is 0.472 e. The van der Waals surface area contributed by atoms with Gasteiger partial charge in [0.05, 0.1) is 34.9 Å². The van der Waals surface area contributed by atoms with Crippen LogP contribution in [0.15, 0.2) is 137 Å². The summed E-state index contributed by atoms with van der Waals surface area (Å²) >= 11 is 0. The molecule has 4 heterocycles. The number of fused-ring (bicyclic) bond motifs is 4. The van der Waals surface area contributed by atoms with Gasteiger partial charge in [-0.15, -0.1) is 0 Å². The molecule has 184 valence electrons. The molecule has 0 bridgehead atoms. The number of aromatic nitrogens is 3. The Morgan fingerprint density at radius 2 is 1.49 bits per heavy atom. The molecule has 5 nitrogen and oxygen atoms in total. The Morgan fingerprint density at radius 1 is 0.641 bits per heavy atom.